The smallest absolute Gasteiger partial charge is 0.255 e. The number of rotatable bonds is 8. The van der Waals surface area contributed by atoms with E-state index in [1.165, 1.54) is 0 Å². The fourth-order valence-corrected chi connectivity index (χ4v) is 2.75. The highest BCUT2D eigenvalue weighted by Crippen LogP contribution is 2.17. The summed E-state index contributed by atoms with van der Waals surface area (Å²) in [6, 6.07) is 23.1. The first kappa shape index (κ1) is 21.1. The molecule has 0 atom stereocenters. The highest BCUT2D eigenvalue weighted by atomic mass is 16.5. The maximum Gasteiger partial charge on any atom is 0.255 e. The van der Waals surface area contributed by atoms with Gasteiger partial charge in [0, 0.05) is 22.5 Å². The summed E-state index contributed by atoms with van der Waals surface area (Å²) in [6.07, 6.45) is 0.990. The van der Waals surface area contributed by atoms with Gasteiger partial charge in [-0.25, -0.2) is 0 Å². The van der Waals surface area contributed by atoms with Crippen LogP contribution in [-0.2, 0) is 0 Å². The summed E-state index contributed by atoms with van der Waals surface area (Å²) in [7, 11) is 0. The molecule has 5 nitrogen and oxygen atoms in total. The highest BCUT2D eigenvalue weighted by Gasteiger charge is 2.08. The Balaban J connectivity index is 1.53. The predicted octanol–water partition coefficient (Wildman–Crippen LogP) is 5.62. The van der Waals surface area contributed by atoms with Crippen molar-refractivity contribution < 1.29 is 14.3 Å². The fourth-order valence-electron chi connectivity index (χ4n) is 2.75. The van der Waals surface area contributed by atoms with E-state index in [1.54, 1.807) is 60.7 Å². The zero-order chi connectivity index (χ0) is 21.3. The number of anilines is 2. The standard InChI is InChI=1S/C25H26N2O3/c1-18(2)16-17-30-23-14-8-20(9-15-23)25(29)27-22-12-10-21(11-13-22)26-24(28)19-6-4-3-5-7-19/h3-15,18H,16-17H2,1-2H3,(H,26,28)(H,27,29). The van der Waals surface area contributed by atoms with Crippen LogP contribution in [0.25, 0.3) is 0 Å². The molecule has 0 heterocycles. The van der Waals surface area contributed by atoms with Crippen molar-refractivity contribution >= 4 is 23.2 Å². The lowest BCUT2D eigenvalue weighted by Crippen LogP contribution is -2.13. The molecule has 0 aliphatic heterocycles. The normalized spacial score (nSPS) is 10.5. The molecule has 5 heteroatoms. The monoisotopic (exact) mass is 402 g/mol. The number of amides is 2. The Kier molecular flexibility index (Phi) is 7.22. The zero-order valence-electron chi connectivity index (χ0n) is 17.2. The number of hydrogen-bond acceptors (Lipinski definition) is 3. The van der Waals surface area contributed by atoms with E-state index in [2.05, 4.69) is 24.5 Å². The minimum atomic E-state index is -0.204. The van der Waals surface area contributed by atoms with Gasteiger partial charge in [0.05, 0.1) is 6.61 Å². The number of carbonyl (C=O) groups is 2. The average molecular weight is 402 g/mol. The maximum atomic E-state index is 12.5. The summed E-state index contributed by atoms with van der Waals surface area (Å²) in [6.45, 7) is 4.97. The summed E-state index contributed by atoms with van der Waals surface area (Å²) in [5.41, 5.74) is 2.44. The Morgan fingerprint density at radius 3 is 1.73 bits per heavy atom. The van der Waals surface area contributed by atoms with Gasteiger partial charge < -0.3 is 15.4 Å². The van der Waals surface area contributed by atoms with Gasteiger partial charge in [-0.2, -0.15) is 0 Å². The second-order valence-electron chi connectivity index (χ2n) is 7.41. The minimum Gasteiger partial charge on any atom is -0.494 e. The molecule has 2 N–H and O–H groups in total. The summed E-state index contributed by atoms with van der Waals surface area (Å²) < 4.78 is 5.68. The molecule has 0 aliphatic carbocycles. The van der Waals surface area contributed by atoms with E-state index in [9.17, 15) is 9.59 Å². The van der Waals surface area contributed by atoms with E-state index in [0.29, 0.717) is 35.0 Å². The third-order valence-corrected chi connectivity index (χ3v) is 4.52. The molecule has 0 saturated carbocycles. The van der Waals surface area contributed by atoms with Crippen LogP contribution in [0.15, 0.2) is 78.9 Å². The summed E-state index contributed by atoms with van der Waals surface area (Å²) in [5, 5.41) is 5.69. The summed E-state index contributed by atoms with van der Waals surface area (Å²) in [5.74, 6) is 0.965. The molecular weight excluding hydrogens is 376 g/mol. The van der Waals surface area contributed by atoms with Crippen molar-refractivity contribution in [2.75, 3.05) is 17.2 Å². The van der Waals surface area contributed by atoms with Crippen molar-refractivity contribution in [1.82, 2.24) is 0 Å². The minimum absolute atomic E-state index is 0.178. The van der Waals surface area contributed by atoms with Crippen molar-refractivity contribution in [2.45, 2.75) is 20.3 Å². The van der Waals surface area contributed by atoms with E-state index in [4.69, 9.17) is 4.74 Å². The largest absolute Gasteiger partial charge is 0.494 e. The topological polar surface area (TPSA) is 67.4 Å². The average Bonchev–Trinajstić information content (AvgIpc) is 2.76. The molecule has 0 fully saturated rings. The summed E-state index contributed by atoms with van der Waals surface area (Å²) >= 11 is 0. The molecule has 2 amide bonds. The highest BCUT2D eigenvalue weighted by molar-refractivity contribution is 6.05. The van der Waals surface area contributed by atoms with Crippen molar-refractivity contribution in [3.05, 3.63) is 90.0 Å². The van der Waals surface area contributed by atoms with Crippen molar-refractivity contribution in [3.8, 4) is 5.75 Å². The van der Waals surface area contributed by atoms with Crippen LogP contribution in [0, 0.1) is 5.92 Å². The van der Waals surface area contributed by atoms with Crippen LogP contribution in [0.3, 0.4) is 0 Å². The van der Waals surface area contributed by atoms with Crippen molar-refractivity contribution in [3.63, 3.8) is 0 Å². The maximum absolute atomic E-state index is 12.5. The molecule has 0 aromatic heterocycles. The van der Waals surface area contributed by atoms with Crippen LogP contribution < -0.4 is 15.4 Å². The second kappa shape index (κ2) is 10.3. The van der Waals surface area contributed by atoms with E-state index in [1.807, 2.05) is 18.2 Å². The van der Waals surface area contributed by atoms with Gasteiger partial charge in [0.1, 0.15) is 5.75 Å². The first-order valence-electron chi connectivity index (χ1n) is 10.0. The lowest BCUT2D eigenvalue weighted by Gasteiger charge is -2.10. The van der Waals surface area contributed by atoms with E-state index >= 15 is 0 Å². The molecule has 0 aliphatic rings. The molecule has 0 unspecified atom stereocenters. The number of carbonyl (C=O) groups excluding carboxylic acids is 2. The van der Waals surface area contributed by atoms with Crippen LogP contribution in [-0.4, -0.2) is 18.4 Å². The van der Waals surface area contributed by atoms with Gasteiger partial charge in [-0.1, -0.05) is 32.0 Å². The molecule has 30 heavy (non-hydrogen) atoms. The molecule has 3 aromatic rings. The molecule has 0 bridgehead atoms. The van der Waals surface area contributed by atoms with Gasteiger partial charge in [-0.15, -0.1) is 0 Å². The van der Waals surface area contributed by atoms with Gasteiger partial charge >= 0.3 is 0 Å². The third kappa shape index (κ3) is 6.21. The van der Waals surface area contributed by atoms with Crippen LogP contribution in [0.4, 0.5) is 11.4 Å². The molecule has 154 valence electrons. The molecule has 0 radical (unpaired) electrons. The Labute approximate surface area is 177 Å². The van der Waals surface area contributed by atoms with Crippen molar-refractivity contribution in [2.24, 2.45) is 5.92 Å². The van der Waals surface area contributed by atoms with E-state index < -0.39 is 0 Å². The Morgan fingerprint density at radius 2 is 1.23 bits per heavy atom. The quantitative estimate of drug-likeness (QED) is 0.514. The molecule has 0 saturated heterocycles. The Hall–Kier alpha value is -3.60. The van der Waals surface area contributed by atoms with Gasteiger partial charge in [-0.05, 0) is 73.0 Å². The Morgan fingerprint density at radius 1 is 0.733 bits per heavy atom. The number of hydrogen-bond donors (Lipinski definition) is 2. The van der Waals surface area contributed by atoms with E-state index in [-0.39, 0.29) is 11.8 Å². The lowest BCUT2D eigenvalue weighted by molar-refractivity contribution is 0.101. The Bertz CT molecular complexity index is 966. The van der Waals surface area contributed by atoms with Gasteiger partial charge in [0.15, 0.2) is 0 Å². The zero-order valence-corrected chi connectivity index (χ0v) is 17.2. The van der Waals surface area contributed by atoms with Crippen LogP contribution in [0.5, 0.6) is 5.75 Å². The molecular formula is C25H26N2O3. The summed E-state index contributed by atoms with van der Waals surface area (Å²) in [4.78, 5) is 24.7. The SMILES string of the molecule is CC(C)CCOc1ccc(C(=O)Nc2ccc(NC(=O)c3ccccc3)cc2)cc1. The first-order chi connectivity index (χ1) is 14.5. The molecule has 3 rings (SSSR count). The predicted molar refractivity (Wildman–Crippen MR) is 120 cm³/mol. The van der Waals surface area contributed by atoms with Gasteiger partial charge in [-0.3, -0.25) is 9.59 Å². The molecule has 0 spiro atoms. The van der Waals surface area contributed by atoms with Crippen molar-refractivity contribution in [1.29, 1.82) is 0 Å². The third-order valence-electron chi connectivity index (χ3n) is 4.52. The van der Waals surface area contributed by atoms with E-state index in [0.717, 1.165) is 12.2 Å². The lowest BCUT2D eigenvalue weighted by atomic mass is 10.1. The molecule has 3 aromatic carbocycles. The van der Waals surface area contributed by atoms with Crippen LogP contribution in [0.2, 0.25) is 0 Å². The van der Waals surface area contributed by atoms with Crippen LogP contribution in [0.1, 0.15) is 41.0 Å². The van der Waals surface area contributed by atoms with Gasteiger partial charge in [0.25, 0.3) is 11.8 Å². The van der Waals surface area contributed by atoms with Crippen LogP contribution >= 0.6 is 0 Å². The second-order valence-corrected chi connectivity index (χ2v) is 7.41. The van der Waals surface area contributed by atoms with Gasteiger partial charge in [0.2, 0.25) is 0 Å². The number of ether oxygens (including phenoxy) is 1. The fraction of sp³-hybridized carbons (Fsp3) is 0.200. The number of benzene rings is 3. The first-order valence-corrected chi connectivity index (χ1v) is 10.0. The number of nitrogens with one attached hydrogen (secondary N) is 2.